The molecule has 146 valence electrons. The zero-order valence-electron chi connectivity index (χ0n) is 16.0. The molecule has 0 spiro atoms. The Morgan fingerprint density at radius 2 is 1.83 bits per heavy atom. The van der Waals surface area contributed by atoms with Gasteiger partial charge in [0.25, 0.3) is 0 Å². The van der Waals surface area contributed by atoms with Crippen molar-refractivity contribution in [2.45, 2.75) is 25.1 Å². The molecule has 1 saturated heterocycles. The van der Waals surface area contributed by atoms with Crippen molar-refractivity contribution in [3.05, 3.63) is 82.3 Å². The van der Waals surface area contributed by atoms with E-state index in [-0.39, 0.29) is 11.2 Å². The predicted octanol–water partition coefficient (Wildman–Crippen LogP) is 5.85. The normalized spacial score (nSPS) is 18.4. The summed E-state index contributed by atoms with van der Waals surface area (Å²) in [6, 6.07) is 22.3. The van der Waals surface area contributed by atoms with E-state index >= 15 is 0 Å². The van der Waals surface area contributed by atoms with E-state index in [1.165, 1.54) is 17.1 Å². The topological polar surface area (TPSA) is 45.0 Å². The Labute approximate surface area is 182 Å². The Kier molecular flexibility index (Phi) is 6.11. The molecular formula is C23H20BrN3OS. The van der Waals surface area contributed by atoms with Gasteiger partial charge in [0.15, 0.2) is 5.17 Å². The zero-order chi connectivity index (χ0) is 20.2. The van der Waals surface area contributed by atoms with Crippen LogP contribution < -0.4 is 0 Å². The van der Waals surface area contributed by atoms with Gasteiger partial charge in [-0.05, 0) is 40.5 Å². The molecule has 4 rings (SSSR count). The van der Waals surface area contributed by atoms with Crippen LogP contribution >= 0.6 is 27.7 Å². The second-order valence-corrected chi connectivity index (χ2v) is 8.84. The summed E-state index contributed by atoms with van der Waals surface area (Å²) in [5.74, 6) is 0.100. The molecule has 0 N–H and O–H groups in total. The summed E-state index contributed by atoms with van der Waals surface area (Å²) in [7, 11) is 0. The third-order valence-corrected chi connectivity index (χ3v) is 6.68. The Bertz CT molecular complexity index is 1090. The van der Waals surface area contributed by atoms with Crippen molar-refractivity contribution < 1.29 is 4.79 Å². The Morgan fingerprint density at radius 3 is 2.62 bits per heavy atom. The number of hydrogen-bond donors (Lipinski definition) is 0. The van der Waals surface area contributed by atoms with Gasteiger partial charge in [0.05, 0.1) is 18.0 Å². The van der Waals surface area contributed by atoms with E-state index in [0.29, 0.717) is 11.7 Å². The first-order valence-corrected chi connectivity index (χ1v) is 11.1. The van der Waals surface area contributed by atoms with Gasteiger partial charge in [-0.15, -0.1) is 5.10 Å². The van der Waals surface area contributed by atoms with Crippen molar-refractivity contribution in [2.75, 3.05) is 0 Å². The lowest BCUT2D eigenvalue weighted by atomic mass is 10.0. The predicted molar refractivity (Wildman–Crippen MR) is 125 cm³/mol. The Hall–Kier alpha value is -2.44. The highest BCUT2D eigenvalue weighted by Gasteiger charge is 2.37. The highest BCUT2D eigenvalue weighted by Crippen LogP contribution is 2.32. The third kappa shape index (κ3) is 4.43. The first kappa shape index (κ1) is 19.9. The fraction of sp³-hybridized carbons (Fsp3) is 0.174. The smallest absolute Gasteiger partial charge is 0.242 e. The number of rotatable bonds is 5. The largest absolute Gasteiger partial charge is 0.284 e. The number of thioether (sulfide) groups is 1. The number of carbonyl (C=O) groups is 1. The van der Waals surface area contributed by atoms with Crippen LogP contribution in [-0.4, -0.2) is 27.4 Å². The standard InChI is InChI=1S/C23H20BrN3OS/c1-2-21-22(28)27(15-18-8-5-7-17-6-3-4-9-20(17)18)23(29-21)26-25-14-16-10-12-19(24)13-11-16/h3-14,21H,2,15H2,1H3/b25-14-,26-23-/t21-/m0/s1. The van der Waals surface area contributed by atoms with E-state index < -0.39 is 0 Å². The highest BCUT2D eigenvalue weighted by atomic mass is 79.9. The maximum absolute atomic E-state index is 12.9. The van der Waals surface area contributed by atoms with Crippen molar-refractivity contribution in [1.29, 1.82) is 0 Å². The summed E-state index contributed by atoms with van der Waals surface area (Å²) >= 11 is 4.92. The number of benzene rings is 3. The zero-order valence-corrected chi connectivity index (χ0v) is 18.4. The average molecular weight is 466 g/mol. The van der Waals surface area contributed by atoms with Crippen LogP contribution in [0.2, 0.25) is 0 Å². The molecular weight excluding hydrogens is 446 g/mol. The van der Waals surface area contributed by atoms with E-state index in [0.717, 1.165) is 27.4 Å². The summed E-state index contributed by atoms with van der Waals surface area (Å²) < 4.78 is 1.02. The molecule has 1 heterocycles. The molecule has 0 radical (unpaired) electrons. The molecule has 0 unspecified atom stereocenters. The minimum Gasteiger partial charge on any atom is -0.284 e. The maximum atomic E-state index is 12.9. The fourth-order valence-corrected chi connectivity index (χ4v) is 4.57. The lowest BCUT2D eigenvalue weighted by Gasteiger charge is -2.17. The van der Waals surface area contributed by atoms with Crippen LogP contribution in [0.4, 0.5) is 0 Å². The van der Waals surface area contributed by atoms with Gasteiger partial charge < -0.3 is 0 Å². The molecule has 0 aromatic heterocycles. The minimum absolute atomic E-state index is 0.100. The molecule has 1 fully saturated rings. The lowest BCUT2D eigenvalue weighted by molar-refractivity contribution is -0.126. The molecule has 0 saturated carbocycles. The number of nitrogens with zero attached hydrogens (tertiary/aromatic N) is 3. The van der Waals surface area contributed by atoms with Crippen molar-refractivity contribution >= 4 is 55.8 Å². The average Bonchev–Trinajstić information content (AvgIpc) is 3.04. The van der Waals surface area contributed by atoms with E-state index in [1.54, 1.807) is 11.1 Å². The maximum Gasteiger partial charge on any atom is 0.242 e. The van der Waals surface area contributed by atoms with Gasteiger partial charge in [-0.1, -0.05) is 89.2 Å². The molecule has 1 amide bonds. The Morgan fingerprint density at radius 1 is 1.07 bits per heavy atom. The number of carbonyl (C=O) groups excluding carboxylic acids is 1. The van der Waals surface area contributed by atoms with Crippen molar-refractivity contribution in [1.82, 2.24) is 4.90 Å². The molecule has 29 heavy (non-hydrogen) atoms. The summed E-state index contributed by atoms with van der Waals surface area (Å²) in [4.78, 5) is 14.7. The highest BCUT2D eigenvalue weighted by molar-refractivity contribution is 9.10. The minimum atomic E-state index is -0.105. The van der Waals surface area contributed by atoms with Crippen molar-refractivity contribution in [2.24, 2.45) is 10.2 Å². The monoisotopic (exact) mass is 465 g/mol. The molecule has 0 bridgehead atoms. The number of amidine groups is 1. The second-order valence-electron chi connectivity index (χ2n) is 6.76. The van der Waals surface area contributed by atoms with Crippen LogP contribution in [0.1, 0.15) is 24.5 Å². The SMILES string of the molecule is CC[C@@H]1S/C(=N\N=C/c2ccc(Br)cc2)N(Cc2cccc3ccccc23)C1=O. The summed E-state index contributed by atoms with van der Waals surface area (Å²) in [6.07, 6.45) is 2.48. The number of halogens is 1. The Balaban J connectivity index is 1.61. The molecule has 6 heteroatoms. The molecule has 4 nitrogen and oxygen atoms in total. The summed E-state index contributed by atoms with van der Waals surface area (Å²) in [5, 5.41) is 11.5. The molecule has 3 aromatic carbocycles. The molecule has 0 aliphatic carbocycles. The van der Waals surface area contributed by atoms with E-state index in [4.69, 9.17) is 0 Å². The van der Waals surface area contributed by atoms with Gasteiger partial charge >= 0.3 is 0 Å². The van der Waals surface area contributed by atoms with E-state index in [9.17, 15) is 4.79 Å². The first-order valence-electron chi connectivity index (χ1n) is 9.47. The van der Waals surface area contributed by atoms with Gasteiger partial charge in [0, 0.05) is 4.47 Å². The number of fused-ring (bicyclic) bond motifs is 1. The fourth-order valence-electron chi connectivity index (χ4n) is 3.28. The van der Waals surface area contributed by atoms with E-state index in [1.807, 2.05) is 49.4 Å². The lowest BCUT2D eigenvalue weighted by Crippen LogP contribution is -2.31. The van der Waals surface area contributed by atoms with Crippen LogP contribution in [0.15, 0.2) is 81.4 Å². The third-order valence-electron chi connectivity index (χ3n) is 4.82. The van der Waals surface area contributed by atoms with Gasteiger partial charge in [0.1, 0.15) is 0 Å². The van der Waals surface area contributed by atoms with Crippen LogP contribution in [0.3, 0.4) is 0 Å². The number of hydrogen-bond acceptors (Lipinski definition) is 4. The van der Waals surface area contributed by atoms with Gasteiger partial charge in [-0.3, -0.25) is 9.69 Å². The molecule has 1 aliphatic heterocycles. The van der Waals surface area contributed by atoms with Gasteiger partial charge in [-0.2, -0.15) is 5.10 Å². The summed E-state index contributed by atoms with van der Waals surface area (Å²) in [6.45, 7) is 2.52. The molecule has 1 atom stereocenters. The van der Waals surface area contributed by atoms with Crippen LogP contribution in [-0.2, 0) is 11.3 Å². The first-order chi connectivity index (χ1) is 14.2. The van der Waals surface area contributed by atoms with Crippen LogP contribution in [0.25, 0.3) is 10.8 Å². The second kappa shape index (κ2) is 8.93. The van der Waals surface area contributed by atoms with Crippen LogP contribution in [0.5, 0.6) is 0 Å². The molecule has 3 aromatic rings. The van der Waals surface area contributed by atoms with Crippen molar-refractivity contribution in [3.63, 3.8) is 0 Å². The molecule has 1 aliphatic rings. The van der Waals surface area contributed by atoms with Gasteiger partial charge in [-0.25, -0.2) is 0 Å². The summed E-state index contributed by atoms with van der Waals surface area (Å²) in [5.41, 5.74) is 2.07. The van der Waals surface area contributed by atoms with Crippen LogP contribution in [0, 0.1) is 0 Å². The number of amides is 1. The van der Waals surface area contributed by atoms with E-state index in [2.05, 4.69) is 50.4 Å². The van der Waals surface area contributed by atoms with Crippen molar-refractivity contribution in [3.8, 4) is 0 Å². The quantitative estimate of drug-likeness (QED) is 0.350. The van der Waals surface area contributed by atoms with Gasteiger partial charge in [0.2, 0.25) is 5.91 Å².